The lowest BCUT2D eigenvalue weighted by molar-refractivity contribution is -0.149. The number of carboxylic acids is 1. The van der Waals surface area contributed by atoms with Gasteiger partial charge in [-0.25, -0.2) is 0 Å². The van der Waals surface area contributed by atoms with Crippen molar-refractivity contribution in [3.8, 4) is 11.5 Å². The summed E-state index contributed by atoms with van der Waals surface area (Å²) >= 11 is 0. The lowest BCUT2D eigenvalue weighted by atomic mass is 10.0. The van der Waals surface area contributed by atoms with Crippen LogP contribution >= 0.6 is 0 Å². The predicted octanol–water partition coefficient (Wildman–Crippen LogP) is 3.16. The van der Waals surface area contributed by atoms with E-state index >= 15 is 0 Å². The third-order valence-corrected chi connectivity index (χ3v) is 4.58. The van der Waals surface area contributed by atoms with Crippen LogP contribution in [0.4, 0.5) is 0 Å². The number of methoxy groups -OCH3 is 1. The minimum atomic E-state index is -1.24. The van der Waals surface area contributed by atoms with E-state index in [1.807, 2.05) is 25.1 Å². The number of ether oxygens (including phenoxy) is 2. The molecule has 6 heteroatoms. The van der Waals surface area contributed by atoms with E-state index in [0.717, 1.165) is 12.0 Å². The van der Waals surface area contributed by atoms with Crippen molar-refractivity contribution in [2.24, 2.45) is 11.3 Å². The highest BCUT2D eigenvalue weighted by Gasteiger charge is 2.57. The van der Waals surface area contributed by atoms with Crippen LogP contribution in [0.25, 0.3) is 0 Å². The maximum absolute atomic E-state index is 12.2. The molecule has 0 saturated heterocycles. The first kappa shape index (κ1) is 19.1. The van der Waals surface area contributed by atoms with Crippen LogP contribution in [0.3, 0.4) is 0 Å². The van der Waals surface area contributed by atoms with Crippen molar-refractivity contribution in [3.63, 3.8) is 0 Å². The van der Waals surface area contributed by atoms with Gasteiger partial charge in [0.15, 0.2) is 11.5 Å². The molecule has 0 bridgehead atoms. The number of carbonyl (C=O) groups excluding carboxylic acids is 1. The van der Waals surface area contributed by atoms with Gasteiger partial charge in [0.05, 0.1) is 19.8 Å². The zero-order valence-electron chi connectivity index (χ0n) is 15.3. The number of benzene rings is 1. The highest BCUT2D eigenvalue weighted by atomic mass is 16.5. The molecule has 1 fully saturated rings. The van der Waals surface area contributed by atoms with E-state index in [0.29, 0.717) is 36.9 Å². The molecule has 25 heavy (non-hydrogen) atoms. The Hall–Kier alpha value is -2.24. The quantitative estimate of drug-likeness (QED) is 0.669. The number of hydrogen-bond acceptors (Lipinski definition) is 4. The zero-order valence-corrected chi connectivity index (χ0v) is 15.3. The number of amides is 1. The standard InChI is InChI=1S/C19H27NO5/c1-12(2)7-10-25-15-6-5-14(11-16(15)24-4)13(3)20-17(21)19(8-9-19)18(22)23/h5-6,11-13H,7-10H2,1-4H3,(H,20,21)(H,22,23). The van der Waals surface area contributed by atoms with Crippen LogP contribution < -0.4 is 14.8 Å². The Morgan fingerprint density at radius 2 is 1.92 bits per heavy atom. The van der Waals surface area contributed by atoms with E-state index in [-0.39, 0.29) is 6.04 Å². The summed E-state index contributed by atoms with van der Waals surface area (Å²) in [6.45, 7) is 6.71. The average molecular weight is 349 g/mol. The second-order valence-corrected chi connectivity index (χ2v) is 7.02. The SMILES string of the molecule is COc1cc(C(C)NC(=O)C2(C(=O)O)CC2)ccc1OCCC(C)C. The van der Waals surface area contributed by atoms with E-state index in [1.54, 1.807) is 7.11 Å². The maximum Gasteiger partial charge on any atom is 0.319 e. The molecule has 1 aromatic rings. The van der Waals surface area contributed by atoms with Crippen molar-refractivity contribution in [1.82, 2.24) is 5.32 Å². The van der Waals surface area contributed by atoms with Gasteiger partial charge in [-0.15, -0.1) is 0 Å². The fraction of sp³-hybridized carbons (Fsp3) is 0.579. The summed E-state index contributed by atoms with van der Waals surface area (Å²) in [6.07, 6.45) is 1.74. The van der Waals surface area contributed by atoms with Crippen molar-refractivity contribution < 1.29 is 24.2 Å². The minimum absolute atomic E-state index is 0.317. The Labute approximate surface area is 148 Å². The van der Waals surface area contributed by atoms with Crippen molar-refractivity contribution in [2.75, 3.05) is 13.7 Å². The fourth-order valence-corrected chi connectivity index (χ4v) is 2.56. The maximum atomic E-state index is 12.2. The van der Waals surface area contributed by atoms with Gasteiger partial charge in [0.1, 0.15) is 5.41 Å². The smallest absolute Gasteiger partial charge is 0.319 e. The average Bonchev–Trinajstić information content (AvgIpc) is 3.36. The second-order valence-electron chi connectivity index (χ2n) is 7.02. The van der Waals surface area contributed by atoms with Gasteiger partial charge >= 0.3 is 5.97 Å². The zero-order chi connectivity index (χ0) is 18.6. The molecule has 0 aliphatic heterocycles. The van der Waals surface area contributed by atoms with Crippen molar-refractivity contribution in [2.45, 2.75) is 46.1 Å². The summed E-state index contributed by atoms with van der Waals surface area (Å²) < 4.78 is 11.1. The van der Waals surface area contributed by atoms with Crippen LogP contribution in [0.1, 0.15) is 51.6 Å². The summed E-state index contributed by atoms with van der Waals surface area (Å²) in [7, 11) is 1.57. The summed E-state index contributed by atoms with van der Waals surface area (Å²) in [5.41, 5.74) is -0.402. The van der Waals surface area contributed by atoms with Gasteiger partial charge in [0, 0.05) is 0 Å². The van der Waals surface area contributed by atoms with E-state index in [4.69, 9.17) is 9.47 Å². The molecular weight excluding hydrogens is 322 g/mol. The lowest BCUT2D eigenvalue weighted by Crippen LogP contribution is -2.38. The van der Waals surface area contributed by atoms with Gasteiger partial charge in [-0.3, -0.25) is 9.59 Å². The minimum Gasteiger partial charge on any atom is -0.493 e. The van der Waals surface area contributed by atoms with Crippen molar-refractivity contribution in [3.05, 3.63) is 23.8 Å². The van der Waals surface area contributed by atoms with E-state index in [1.165, 1.54) is 0 Å². The van der Waals surface area contributed by atoms with Crippen LogP contribution in [-0.4, -0.2) is 30.7 Å². The number of hydrogen-bond donors (Lipinski definition) is 2. The Kier molecular flexibility index (Phi) is 5.93. The van der Waals surface area contributed by atoms with Gasteiger partial charge in [-0.1, -0.05) is 19.9 Å². The first-order valence-corrected chi connectivity index (χ1v) is 8.65. The molecule has 2 rings (SSSR count). The van der Waals surface area contributed by atoms with Crippen LogP contribution in [0.15, 0.2) is 18.2 Å². The molecule has 6 nitrogen and oxygen atoms in total. The van der Waals surface area contributed by atoms with E-state index in [9.17, 15) is 14.7 Å². The van der Waals surface area contributed by atoms with Gasteiger partial charge in [-0.2, -0.15) is 0 Å². The molecule has 0 heterocycles. The lowest BCUT2D eigenvalue weighted by Gasteiger charge is -2.19. The molecule has 1 saturated carbocycles. The molecule has 138 valence electrons. The number of carboxylic acid groups (broad SMARTS) is 1. The molecule has 1 atom stereocenters. The van der Waals surface area contributed by atoms with Gasteiger partial charge in [0.2, 0.25) is 5.91 Å². The van der Waals surface area contributed by atoms with Crippen LogP contribution in [0.2, 0.25) is 0 Å². The first-order chi connectivity index (χ1) is 11.8. The van der Waals surface area contributed by atoms with Gasteiger partial charge in [0.25, 0.3) is 0 Å². The molecule has 2 N–H and O–H groups in total. The summed E-state index contributed by atoms with van der Waals surface area (Å²) in [6, 6.07) is 5.18. The van der Waals surface area contributed by atoms with Crippen molar-refractivity contribution >= 4 is 11.9 Å². The molecular formula is C19H27NO5. The number of rotatable bonds is 9. The highest BCUT2D eigenvalue weighted by molar-refractivity contribution is 6.04. The summed E-state index contributed by atoms with van der Waals surface area (Å²) in [4.78, 5) is 23.5. The molecule has 1 aliphatic carbocycles. The molecule has 1 aromatic carbocycles. The molecule has 1 unspecified atom stereocenters. The normalized spacial score (nSPS) is 16.2. The third-order valence-electron chi connectivity index (χ3n) is 4.58. The van der Waals surface area contributed by atoms with Crippen molar-refractivity contribution in [1.29, 1.82) is 0 Å². The molecule has 0 radical (unpaired) electrons. The Bertz CT molecular complexity index is 637. The summed E-state index contributed by atoms with van der Waals surface area (Å²) in [5, 5.41) is 12.0. The Balaban J connectivity index is 2.03. The van der Waals surface area contributed by atoms with Crippen LogP contribution in [0.5, 0.6) is 11.5 Å². The second kappa shape index (κ2) is 7.76. The predicted molar refractivity (Wildman–Crippen MR) is 93.8 cm³/mol. The summed E-state index contributed by atoms with van der Waals surface area (Å²) in [5.74, 6) is 0.341. The Morgan fingerprint density at radius 1 is 1.24 bits per heavy atom. The van der Waals surface area contributed by atoms with Crippen LogP contribution in [0, 0.1) is 11.3 Å². The third kappa shape index (κ3) is 4.44. The molecule has 1 aliphatic rings. The van der Waals surface area contributed by atoms with E-state index < -0.39 is 17.3 Å². The van der Waals surface area contributed by atoms with Crippen LogP contribution in [-0.2, 0) is 9.59 Å². The molecule has 0 spiro atoms. The number of nitrogens with one attached hydrogen (secondary N) is 1. The topological polar surface area (TPSA) is 84.9 Å². The first-order valence-electron chi connectivity index (χ1n) is 8.65. The molecule has 0 aromatic heterocycles. The molecule has 1 amide bonds. The largest absolute Gasteiger partial charge is 0.493 e. The fourth-order valence-electron chi connectivity index (χ4n) is 2.56. The van der Waals surface area contributed by atoms with Gasteiger partial charge < -0.3 is 19.9 Å². The number of aliphatic carboxylic acids is 1. The monoisotopic (exact) mass is 349 g/mol. The number of carbonyl (C=O) groups is 2. The highest BCUT2D eigenvalue weighted by Crippen LogP contribution is 2.46. The van der Waals surface area contributed by atoms with E-state index in [2.05, 4.69) is 19.2 Å². The Morgan fingerprint density at radius 3 is 2.44 bits per heavy atom. The van der Waals surface area contributed by atoms with Gasteiger partial charge in [-0.05, 0) is 49.8 Å².